The Balaban J connectivity index is 2.09. The van der Waals surface area contributed by atoms with E-state index in [2.05, 4.69) is 24.1 Å². The van der Waals surface area contributed by atoms with Gasteiger partial charge in [0.05, 0.1) is 0 Å². The van der Waals surface area contributed by atoms with Gasteiger partial charge in [-0.15, -0.1) is 0 Å². The summed E-state index contributed by atoms with van der Waals surface area (Å²) in [7, 11) is 0. The van der Waals surface area contributed by atoms with Crippen molar-refractivity contribution in [3.8, 4) is 0 Å². The Kier molecular flexibility index (Phi) is 12.3. The van der Waals surface area contributed by atoms with E-state index >= 15 is 0 Å². The van der Waals surface area contributed by atoms with Crippen LogP contribution in [0.5, 0.6) is 0 Å². The van der Waals surface area contributed by atoms with Crippen LogP contribution < -0.4 is 5.32 Å². The van der Waals surface area contributed by atoms with Gasteiger partial charge in [0.1, 0.15) is 0 Å². The largest absolute Gasteiger partial charge is 0.313 e. The summed E-state index contributed by atoms with van der Waals surface area (Å²) in [5.74, 6) is 0. The second-order valence-corrected chi connectivity index (χ2v) is 6.90. The average molecular weight is 297 g/mol. The van der Waals surface area contributed by atoms with Crippen LogP contribution in [0, 0.1) is 0 Å². The summed E-state index contributed by atoms with van der Waals surface area (Å²) in [5.41, 5.74) is 0. The lowest BCUT2D eigenvalue weighted by Gasteiger charge is -2.21. The first-order valence-corrected chi connectivity index (χ1v) is 9.82. The summed E-state index contributed by atoms with van der Waals surface area (Å²) in [6.07, 6.45) is 16.8. The SMILES string of the molecule is CCCCCCCC(CCCCC)NCCN1CCCC1. The third-order valence-corrected chi connectivity index (χ3v) is 4.87. The highest BCUT2D eigenvalue weighted by atomic mass is 15.2. The zero-order chi connectivity index (χ0) is 15.2. The van der Waals surface area contributed by atoms with Gasteiger partial charge in [0.2, 0.25) is 0 Å². The normalized spacial score (nSPS) is 17.4. The number of hydrogen-bond donors (Lipinski definition) is 1. The van der Waals surface area contributed by atoms with Crippen molar-refractivity contribution in [1.29, 1.82) is 0 Å². The van der Waals surface area contributed by atoms with Crippen LogP contribution in [0.4, 0.5) is 0 Å². The van der Waals surface area contributed by atoms with Gasteiger partial charge in [0, 0.05) is 19.1 Å². The molecule has 21 heavy (non-hydrogen) atoms. The molecule has 1 heterocycles. The molecular formula is C19H40N2. The van der Waals surface area contributed by atoms with E-state index < -0.39 is 0 Å². The van der Waals surface area contributed by atoms with Crippen LogP contribution in [0.25, 0.3) is 0 Å². The van der Waals surface area contributed by atoms with Crippen molar-refractivity contribution >= 4 is 0 Å². The molecule has 0 amide bonds. The van der Waals surface area contributed by atoms with Gasteiger partial charge in [-0.1, -0.05) is 65.2 Å². The Morgan fingerprint density at radius 3 is 2.05 bits per heavy atom. The molecule has 126 valence electrons. The van der Waals surface area contributed by atoms with Crippen LogP contribution in [0.15, 0.2) is 0 Å². The van der Waals surface area contributed by atoms with Crippen molar-refractivity contribution in [2.45, 2.75) is 96.9 Å². The highest BCUT2D eigenvalue weighted by molar-refractivity contribution is 4.71. The third-order valence-electron chi connectivity index (χ3n) is 4.87. The molecule has 0 bridgehead atoms. The molecule has 0 spiro atoms. The van der Waals surface area contributed by atoms with Crippen molar-refractivity contribution in [3.05, 3.63) is 0 Å². The second-order valence-electron chi connectivity index (χ2n) is 6.90. The van der Waals surface area contributed by atoms with Crippen molar-refractivity contribution in [2.24, 2.45) is 0 Å². The number of rotatable bonds is 14. The van der Waals surface area contributed by atoms with Crippen molar-refractivity contribution in [3.63, 3.8) is 0 Å². The summed E-state index contributed by atoms with van der Waals surface area (Å²) in [5, 5.41) is 3.85. The van der Waals surface area contributed by atoms with E-state index in [0.717, 1.165) is 6.04 Å². The monoisotopic (exact) mass is 296 g/mol. The predicted octanol–water partition coefficient (Wildman–Crippen LogP) is 4.98. The van der Waals surface area contributed by atoms with Gasteiger partial charge in [0.15, 0.2) is 0 Å². The maximum absolute atomic E-state index is 3.85. The molecule has 0 aromatic rings. The lowest BCUT2D eigenvalue weighted by molar-refractivity contribution is 0.317. The van der Waals surface area contributed by atoms with Gasteiger partial charge in [-0.05, 0) is 38.8 Å². The zero-order valence-electron chi connectivity index (χ0n) is 14.8. The molecule has 1 aliphatic rings. The fourth-order valence-electron chi connectivity index (χ4n) is 3.42. The van der Waals surface area contributed by atoms with Gasteiger partial charge in [-0.25, -0.2) is 0 Å². The molecule has 1 aliphatic heterocycles. The van der Waals surface area contributed by atoms with Crippen molar-refractivity contribution in [2.75, 3.05) is 26.2 Å². The summed E-state index contributed by atoms with van der Waals surface area (Å²) < 4.78 is 0. The van der Waals surface area contributed by atoms with Crippen LogP contribution in [0.3, 0.4) is 0 Å². The standard InChI is InChI=1S/C19H40N2/c1-3-5-7-8-10-14-19(13-9-6-4-2)20-15-18-21-16-11-12-17-21/h19-20H,3-18H2,1-2H3. The Morgan fingerprint density at radius 2 is 1.38 bits per heavy atom. The first-order valence-electron chi connectivity index (χ1n) is 9.82. The molecule has 0 aromatic carbocycles. The van der Waals surface area contributed by atoms with Gasteiger partial charge < -0.3 is 10.2 Å². The molecule has 0 saturated carbocycles. The quantitative estimate of drug-likeness (QED) is 0.455. The van der Waals surface area contributed by atoms with Gasteiger partial charge >= 0.3 is 0 Å². The van der Waals surface area contributed by atoms with Crippen LogP contribution in [0.2, 0.25) is 0 Å². The minimum Gasteiger partial charge on any atom is -0.313 e. The first-order chi connectivity index (χ1) is 10.4. The summed E-state index contributed by atoms with van der Waals surface area (Å²) in [4.78, 5) is 2.62. The van der Waals surface area contributed by atoms with E-state index in [0.29, 0.717) is 0 Å². The molecule has 1 N–H and O–H groups in total. The molecule has 1 unspecified atom stereocenters. The fourth-order valence-corrected chi connectivity index (χ4v) is 3.42. The number of likely N-dealkylation sites (tertiary alicyclic amines) is 1. The Morgan fingerprint density at radius 1 is 0.810 bits per heavy atom. The number of hydrogen-bond acceptors (Lipinski definition) is 2. The highest BCUT2D eigenvalue weighted by Gasteiger charge is 2.12. The van der Waals surface area contributed by atoms with Crippen molar-refractivity contribution in [1.82, 2.24) is 10.2 Å². The van der Waals surface area contributed by atoms with E-state index in [1.54, 1.807) is 0 Å². The maximum atomic E-state index is 3.85. The lowest BCUT2D eigenvalue weighted by Crippen LogP contribution is -2.36. The van der Waals surface area contributed by atoms with Crippen LogP contribution in [0.1, 0.15) is 90.9 Å². The van der Waals surface area contributed by atoms with Crippen LogP contribution in [-0.2, 0) is 0 Å². The predicted molar refractivity (Wildman–Crippen MR) is 95.0 cm³/mol. The Labute approximate surface area is 134 Å². The van der Waals surface area contributed by atoms with E-state index in [9.17, 15) is 0 Å². The minimum absolute atomic E-state index is 0.778. The molecule has 2 nitrogen and oxygen atoms in total. The topological polar surface area (TPSA) is 15.3 Å². The molecule has 1 atom stereocenters. The van der Waals surface area contributed by atoms with E-state index in [-0.39, 0.29) is 0 Å². The van der Waals surface area contributed by atoms with Crippen LogP contribution >= 0.6 is 0 Å². The first kappa shape index (κ1) is 19.0. The van der Waals surface area contributed by atoms with Crippen LogP contribution in [-0.4, -0.2) is 37.1 Å². The minimum atomic E-state index is 0.778. The van der Waals surface area contributed by atoms with E-state index in [1.165, 1.54) is 103 Å². The third kappa shape index (κ3) is 10.3. The van der Waals surface area contributed by atoms with E-state index in [1.807, 2.05) is 0 Å². The lowest BCUT2D eigenvalue weighted by atomic mass is 10.0. The molecule has 0 radical (unpaired) electrons. The molecular weight excluding hydrogens is 256 g/mol. The van der Waals surface area contributed by atoms with Gasteiger partial charge in [-0.3, -0.25) is 0 Å². The Bertz CT molecular complexity index is 212. The second kappa shape index (κ2) is 13.6. The molecule has 1 fully saturated rings. The molecule has 0 aromatic heterocycles. The number of nitrogens with one attached hydrogen (secondary N) is 1. The number of unbranched alkanes of at least 4 members (excludes halogenated alkanes) is 6. The highest BCUT2D eigenvalue weighted by Crippen LogP contribution is 2.13. The summed E-state index contributed by atoms with van der Waals surface area (Å²) >= 11 is 0. The molecule has 0 aliphatic carbocycles. The molecule has 1 saturated heterocycles. The van der Waals surface area contributed by atoms with E-state index in [4.69, 9.17) is 0 Å². The number of nitrogens with zero attached hydrogens (tertiary/aromatic N) is 1. The van der Waals surface area contributed by atoms with Crippen molar-refractivity contribution < 1.29 is 0 Å². The smallest absolute Gasteiger partial charge is 0.0107 e. The average Bonchev–Trinajstić information content (AvgIpc) is 3.00. The summed E-state index contributed by atoms with van der Waals surface area (Å²) in [6.45, 7) is 9.73. The summed E-state index contributed by atoms with van der Waals surface area (Å²) in [6, 6.07) is 0.778. The molecule has 2 heteroatoms. The molecule has 1 rings (SSSR count). The maximum Gasteiger partial charge on any atom is 0.0107 e. The van der Waals surface area contributed by atoms with Gasteiger partial charge in [0.25, 0.3) is 0 Å². The fraction of sp³-hybridized carbons (Fsp3) is 1.00. The van der Waals surface area contributed by atoms with Gasteiger partial charge in [-0.2, -0.15) is 0 Å². The zero-order valence-corrected chi connectivity index (χ0v) is 14.8. The Hall–Kier alpha value is -0.0800.